The van der Waals surface area contributed by atoms with Gasteiger partial charge in [-0.3, -0.25) is 9.59 Å². The fraction of sp³-hybridized carbons (Fsp3) is 0.391. The lowest BCUT2D eigenvalue weighted by atomic mass is 9.92. The van der Waals surface area contributed by atoms with Crippen LogP contribution in [0.2, 0.25) is 0 Å². The molecule has 7 nitrogen and oxygen atoms in total. The summed E-state index contributed by atoms with van der Waals surface area (Å²) >= 11 is 1.20. The molecule has 0 radical (unpaired) electrons. The van der Waals surface area contributed by atoms with Crippen LogP contribution in [0, 0.1) is 19.3 Å². The van der Waals surface area contributed by atoms with Gasteiger partial charge in [-0.05, 0) is 49.4 Å². The van der Waals surface area contributed by atoms with E-state index in [1.807, 2.05) is 46.8 Å². The van der Waals surface area contributed by atoms with Crippen molar-refractivity contribution in [3.8, 4) is 5.69 Å². The molecule has 0 aliphatic carbocycles. The Morgan fingerprint density at radius 2 is 1.90 bits per heavy atom. The van der Waals surface area contributed by atoms with Gasteiger partial charge in [-0.1, -0.05) is 26.8 Å². The van der Waals surface area contributed by atoms with Crippen molar-refractivity contribution < 1.29 is 14.3 Å². The number of carbonyl (C=O) groups excluding carboxylic acids is 2. The van der Waals surface area contributed by atoms with Crippen LogP contribution in [-0.4, -0.2) is 28.3 Å². The van der Waals surface area contributed by atoms with E-state index in [1.165, 1.54) is 16.0 Å². The molecule has 0 bridgehead atoms. The number of ether oxygens (including phenoxy) is 1. The average Bonchev–Trinajstić information content (AvgIpc) is 3.07. The number of amides is 1. The minimum Gasteiger partial charge on any atom is -0.461 e. The normalized spacial score (nSPS) is 11.5. The van der Waals surface area contributed by atoms with Gasteiger partial charge < -0.3 is 10.1 Å². The maximum atomic E-state index is 13.4. The van der Waals surface area contributed by atoms with E-state index in [4.69, 9.17) is 4.74 Å². The molecule has 1 amide bonds. The molecule has 31 heavy (non-hydrogen) atoms. The van der Waals surface area contributed by atoms with Gasteiger partial charge in [0.1, 0.15) is 5.00 Å². The molecule has 3 aromatic rings. The molecule has 0 unspecified atom stereocenters. The second kappa shape index (κ2) is 8.63. The third-order valence-corrected chi connectivity index (χ3v) is 5.70. The van der Waals surface area contributed by atoms with Crippen LogP contribution in [0.25, 0.3) is 16.5 Å². The van der Waals surface area contributed by atoms with Crippen LogP contribution in [0.1, 0.15) is 55.7 Å². The number of aryl methyl sites for hydroxylation is 2. The number of hydrogen-bond donors (Lipinski definition) is 1. The summed E-state index contributed by atoms with van der Waals surface area (Å²) < 4.78 is 6.37. The Bertz CT molecular complexity index is 1220. The Morgan fingerprint density at radius 3 is 2.52 bits per heavy atom. The van der Waals surface area contributed by atoms with Gasteiger partial charge in [0.2, 0.25) is 5.91 Å². The lowest BCUT2D eigenvalue weighted by molar-refractivity contribution is -0.117. The monoisotopic (exact) mass is 441 g/mol. The molecule has 8 heteroatoms. The summed E-state index contributed by atoms with van der Waals surface area (Å²) in [7, 11) is 0. The first-order chi connectivity index (χ1) is 14.5. The lowest BCUT2D eigenvalue weighted by Gasteiger charge is -2.17. The molecular formula is C23H27N3O4S. The largest absolute Gasteiger partial charge is 0.461 e. The molecule has 0 aliphatic rings. The Balaban J connectivity index is 2.22. The average molecular weight is 442 g/mol. The minimum absolute atomic E-state index is 0.0437. The number of fused-ring (bicyclic) bond motifs is 1. The molecule has 0 fully saturated rings. The third-order valence-electron chi connectivity index (χ3n) is 4.80. The first-order valence-corrected chi connectivity index (χ1v) is 11.0. The van der Waals surface area contributed by atoms with Gasteiger partial charge in [0, 0.05) is 17.2 Å². The molecule has 164 valence electrons. The molecule has 3 rings (SSSR count). The summed E-state index contributed by atoms with van der Waals surface area (Å²) in [5.41, 5.74) is 2.05. The highest BCUT2D eigenvalue weighted by Gasteiger charge is 2.24. The first kappa shape index (κ1) is 22.7. The number of nitrogens with zero attached hydrogens (tertiary/aromatic N) is 2. The second-order valence-electron chi connectivity index (χ2n) is 8.69. The summed E-state index contributed by atoms with van der Waals surface area (Å²) in [6.45, 7) is 11.7. The molecule has 2 aromatic heterocycles. The molecule has 1 N–H and O–H groups in total. The van der Waals surface area contributed by atoms with Crippen LogP contribution in [-0.2, 0) is 9.53 Å². The van der Waals surface area contributed by atoms with Crippen LogP contribution in [0.5, 0.6) is 0 Å². The highest BCUT2D eigenvalue weighted by atomic mass is 32.1. The lowest BCUT2D eigenvalue weighted by Crippen LogP contribution is -2.26. The molecule has 0 spiro atoms. The van der Waals surface area contributed by atoms with Gasteiger partial charge in [0.15, 0.2) is 5.69 Å². The number of nitrogens with one attached hydrogen (secondary N) is 1. The third kappa shape index (κ3) is 4.85. The number of anilines is 1. The standard InChI is InChI=1S/C23H27N3O4S/c1-7-30-22(29)19-16-12-31-20(24-17(27)11-23(4,5)6)18(16)21(28)26(25-19)15-9-8-13(2)14(3)10-15/h8-10,12H,7,11H2,1-6H3,(H,24,27). The Morgan fingerprint density at radius 1 is 1.19 bits per heavy atom. The van der Waals surface area contributed by atoms with Gasteiger partial charge in [-0.2, -0.15) is 9.78 Å². The Labute approximate surface area is 185 Å². The number of thiophene rings is 1. The van der Waals surface area contributed by atoms with Crippen molar-refractivity contribution in [3.63, 3.8) is 0 Å². The summed E-state index contributed by atoms with van der Waals surface area (Å²) in [4.78, 5) is 38.5. The zero-order chi connectivity index (χ0) is 22.9. The van der Waals surface area contributed by atoms with E-state index in [0.29, 0.717) is 22.5 Å². The van der Waals surface area contributed by atoms with Crippen molar-refractivity contribution in [3.05, 3.63) is 50.8 Å². The predicted octanol–water partition coefficient (Wildman–Crippen LogP) is 4.62. The van der Waals surface area contributed by atoms with Crippen LogP contribution in [0.4, 0.5) is 5.00 Å². The van der Waals surface area contributed by atoms with E-state index in [-0.39, 0.29) is 29.0 Å². The van der Waals surface area contributed by atoms with E-state index < -0.39 is 11.5 Å². The minimum atomic E-state index is -0.615. The highest BCUT2D eigenvalue weighted by Crippen LogP contribution is 2.31. The maximum absolute atomic E-state index is 13.4. The molecular weight excluding hydrogens is 414 g/mol. The number of rotatable bonds is 5. The van der Waals surface area contributed by atoms with E-state index in [1.54, 1.807) is 18.4 Å². The van der Waals surface area contributed by atoms with Crippen molar-refractivity contribution in [2.45, 2.75) is 48.0 Å². The number of benzene rings is 1. The van der Waals surface area contributed by atoms with E-state index in [9.17, 15) is 14.4 Å². The van der Waals surface area contributed by atoms with Gasteiger partial charge in [-0.25, -0.2) is 4.79 Å². The quantitative estimate of drug-likeness (QED) is 0.584. The summed E-state index contributed by atoms with van der Waals surface area (Å²) in [5.74, 6) is -0.807. The summed E-state index contributed by atoms with van der Waals surface area (Å²) in [5, 5.41) is 9.87. The highest BCUT2D eigenvalue weighted by molar-refractivity contribution is 7.16. The van der Waals surface area contributed by atoms with Crippen molar-refractivity contribution in [2.24, 2.45) is 5.41 Å². The van der Waals surface area contributed by atoms with Gasteiger partial charge >= 0.3 is 5.97 Å². The van der Waals surface area contributed by atoms with E-state index in [2.05, 4.69) is 10.4 Å². The smallest absolute Gasteiger partial charge is 0.359 e. The summed E-state index contributed by atoms with van der Waals surface area (Å²) in [6, 6.07) is 5.52. The molecule has 0 saturated carbocycles. The van der Waals surface area contributed by atoms with Crippen molar-refractivity contribution in [1.29, 1.82) is 0 Å². The molecule has 1 aromatic carbocycles. The zero-order valence-corrected chi connectivity index (χ0v) is 19.5. The topological polar surface area (TPSA) is 90.3 Å². The predicted molar refractivity (Wildman–Crippen MR) is 123 cm³/mol. The van der Waals surface area contributed by atoms with Crippen molar-refractivity contribution in [1.82, 2.24) is 9.78 Å². The van der Waals surface area contributed by atoms with Crippen LogP contribution >= 0.6 is 11.3 Å². The van der Waals surface area contributed by atoms with Crippen LogP contribution < -0.4 is 10.9 Å². The fourth-order valence-electron chi connectivity index (χ4n) is 3.18. The second-order valence-corrected chi connectivity index (χ2v) is 9.57. The van der Waals surface area contributed by atoms with E-state index in [0.717, 1.165) is 11.1 Å². The van der Waals surface area contributed by atoms with E-state index >= 15 is 0 Å². The molecule has 0 saturated heterocycles. The maximum Gasteiger partial charge on any atom is 0.359 e. The fourth-order valence-corrected chi connectivity index (χ4v) is 4.13. The van der Waals surface area contributed by atoms with Crippen LogP contribution in [0.15, 0.2) is 28.4 Å². The van der Waals surface area contributed by atoms with Crippen LogP contribution in [0.3, 0.4) is 0 Å². The van der Waals surface area contributed by atoms with Gasteiger partial charge in [0.25, 0.3) is 5.56 Å². The van der Waals surface area contributed by atoms with Gasteiger partial charge in [-0.15, -0.1) is 11.3 Å². The number of carbonyl (C=O) groups is 2. The number of aromatic nitrogens is 2. The van der Waals surface area contributed by atoms with Crippen molar-refractivity contribution in [2.75, 3.05) is 11.9 Å². The van der Waals surface area contributed by atoms with Gasteiger partial charge in [0.05, 0.1) is 17.7 Å². The molecule has 0 aliphatic heterocycles. The number of hydrogen-bond acceptors (Lipinski definition) is 6. The van der Waals surface area contributed by atoms with Crippen molar-refractivity contribution >= 4 is 39.0 Å². The molecule has 0 atom stereocenters. The SMILES string of the molecule is CCOC(=O)c1nn(-c2ccc(C)c(C)c2)c(=O)c2c(NC(=O)CC(C)(C)C)scc12. The molecule has 2 heterocycles. The summed E-state index contributed by atoms with van der Waals surface area (Å²) in [6.07, 6.45) is 0.299. The first-order valence-electron chi connectivity index (χ1n) is 10.1. The Hall–Kier alpha value is -3.00. The Kier molecular flexibility index (Phi) is 6.31. The zero-order valence-electron chi connectivity index (χ0n) is 18.7. The number of esters is 1.